The molecule has 31 heavy (non-hydrogen) atoms. The topological polar surface area (TPSA) is 97.4 Å². The number of aromatic nitrogens is 1. The number of hydrogen-bond acceptors (Lipinski definition) is 5. The van der Waals surface area contributed by atoms with Crippen LogP contribution in [0.1, 0.15) is 29.8 Å². The molecule has 0 aliphatic rings. The molecule has 1 atom stereocenters. The van der Waals surface area contributed by atoms with Crippen LogP contribution in [0, 0.1) is 5.92 Å². The predicted molar refractivity (Wildman–Crippen MR) is 106 cm³/mol. The molecule has 1 aromatic carbocycles. The number of halogens is 4. The van der Waals surface area contributed by atoms with E-state index in [1.165, 1.54) is 0 Å². The van der Waals surface area contributed by atoms with Gasteiger partial charge in [-0.3, -0.25) is 9.59 Å². The molecular formula is C20H19ClF3N3O4. The van der Waals surface area contributed by atoms with Crippen molar-refractivity contribution in [2.75, 3.05) is 11.9 Å². The van der Waals surface area contributed by atoms with E-state index in [0.717, 1.165) is 0 Å². The molecule has 0 saturated heterocycles. The molecule has 2 rings (SSSR count). The molecule has 2 aromatic rings. The quantitative estimate of drug-likeness (QED) is 0.618. The summed E-state index contributed by atoms with van der Waals surface area (Å²) < 4.78 is 42.9. The molecule has 11 heteroatoms. The van der Waals surface area contributed by atoms with Crippen LogP contribution >= 0.6 is 11.6 Å². The summed E-state index contributed by atoms with van der Waals surface area (Å²) in [5.74, 6) is -2.84. The lowest BCUT2D eigenvalue weighted by atomic mass is 10.0. The zero-order chi connectivity index (χ0) is 23.2. The molecule has 0 saturated carbocycles. The van der Waals surface area contributed by atoms with E-state index in [-0.39, 0.29) is 11.7 Å². The van der Waals surface area contributed by atoms with Crippen molar-refractivity contribution in [1.29, 1.82) is 0 Å². The van der Waals surface area contributed by atoms with Crippen molar-refractivity contribution < 1.29 is 32.3 Å². The SMILES string of the molecule is CC(C)[C@H](NC(=O)c1ccccc1)C(=O)OCC(=O)Nc1ncc(C(F)(F)F)cc1Cl. The average molecular weight is 458 g/mol. The smallest absolute Gasteiger partial charge is 0.417 e. The van der Waals surface area contributed by atoms with Gasteiger partial charge in [-0.15, -0.1) is 0 Å². The van der Waals surface area contributed by atoms with Gasteiger partial charge >= 0.3 is 12.1 Å². The van der Waals surface area contributed by atoms with Crippen LogP contribution in [0.3, 0.4) is 0 Å². The van der Waals surface area contributed by atoms with Crippen molar-refractivity contribution >= 4 is 35.2 Å². The van der Waals surface area contributed by atoms with Crippen LogP contribution in [0.5, 0.6) is 0 Å². The van der Waals surface area contributed by atoms with E-state index in [9.17, 15) is 27.6 Å². The molecule has 0 aliphatic carbocycles. The molecule has 1 heterocycles. The molecule has 0 aliphatic heterocycles. The van der Waals surface area contributed by atoms with Crippen LogP contribution in [0.2, 0.25) is 5.02 Å². The second-order valence-corrected chi connectivity index (χ2v) is 7.18. The van der Waals surface area contributed by atoms with Gasteiger partial charge in [0, 0.05) is 11.8 Å². The first-order valence-electron chi connectivity index (χ1n) is 9.04. The first-order chi connectivity index (χ1) is 14.5. The maximum Gasteiger partial charge on any atom is 0.417 e. The van der Waals surface area contributed by atoms with Gasteiger partial charge < -0.3 is 15.4 Å². The third kappa shape index (κ3) is 6.95. The largest absolute Gasteiger partial charge is 0.454 e. The van der Waals surface area contributed by atoms with E-state index in [4.69, 9.17) is 16.3 Å². The lowest BCUT2D eigenvalue weighted by Crippen LogP contribution is -2.45. The first kappa shape index (κ1) is 24.1. The molecule has 0 unspecified atom stereocenters. The molecule has 0 radical (unpaired) electrons. The van der Waals surface area contributed by atoms with Crippen molar-refractivity contribution in [2.24, 2.45) is 5.92 Å². The number of anilines is 1. The number of nitrogens with zero attached hydrogens (tertiary/aromatic N) is 1. The molecule has 7 nitrogen and oxygen atoms in total. The Morgan fingerprint density at radius 3 is 2.35 bits per heavy atom. The summed E-state index contributed by atoms with van der Waals surface area (Å²) in [6, 6.07) is 7.82. The average Bonchev–Trinajstić information content (AvgIpc) is 2.71. The molecule has 0 bridgehead atoms. The van der Waals surface area contributed by atoms with Crippen molar-refractivity contribution in [2.45, 2.75) is 26.1 Å². The molecule has 0 fully saturated rings. The summed E-state index contributed by atoms with van der Waals surface area (Å²) in [7, 11) is 0. The van der Waals surface area contributed by atoms with E-state index < -0.39 is 47.2 Å². The van der Waals surface area contributed by atoms with Crippen LogP contribution in [-0.2, 0) is 20.5 Å². The monoisotopic (exact) mass is 457 g/mol. The second kappa shape index (κ2) is 10.3. The van der Waals surface area contributed by atoms with E-state index in [1.807, 2.05) is 0 Å². The number of amides is 2. The predicted octanol–water partition coefficient (Wildman–Crippen LogP) is 3.69. The van der Waals surface area contributed by atoms with Gasteiger partial charge in [0.15, 0.2) is 12.4 Å². The Morgan fingerprint density at radius 1 is 1.16 bits per heavy atom. The number of benzene rings is 1. The Kier molecular flexibility index (Phi) is 7.98. The molecule has 166 valence electrons. The van der Waals surface area contributed by atoms with Crippen LogP contribution in [-0.4, -0.2) is 35.4 Å². The number of alkyl halides is 3. The van der Waals surface area contributed by atoms with E-state index >= 15 is 0 Å². The fourth-order valence-corrected chi connectivity index (χ4v) is 2.60. The highest BCUT2D eigenvalue weighted by Crippen LogP contribution is 2.32. The summed E-state index contributed by atoms with van der Waals surface area (Å²) in [5.41, 5.74) is -0.724. The highest BCUT2D eigenvalue weighted by Gasteiger charge is 2.32. The zero-order valence-corrected chi connectivity index (χ0v) is 17.3. The Hall–Kier alpha value is -3.14. The standard InChI is InChI=1S/C20H19ClF3N3O4/c1-11(2)16(27-18(29)12-6-4-3-5-7-12)19(30)31-10-15(28)26-17-14(21)8-13(9-25-17)20(22,23)24/h3-9,11,16H,10H2,1-2H3,(H,27,29)(H,25,26,28)/t16-/m0/s1. The zero-order valence-electron chi connectivity index (χ0n) is 16.5. The number of pyridine rings is 1. The molecule has 0 spiro atoms. The number of carbonyl (C=O) groups is 3. The third-order valence-corrected chi connectivity index (χ3v) is 4.30. The van der Waals surface area contributed by atoms with Gasteiger partial charge in [0.05, 0.1) is 10.6 Å². The molecule has 2 amide bonds. The summed E-state index contributed by atoms with van der Waals surface area (Å²) in [6.07, 6.45) is -4.12. The van der Waals surface area contributed by atoms with Crippen LogP contribution in [0.4, 0.5) is 19.0 Å². The normalized spacial score (nSPS) is 12.2. The fourth-order valence-electron chi connectivity index (χ4n) is 2.39. The minimum Gasteiger partial charge on any atom is -0.454 e. The van der Waals surface area contributed by atoms with Gasteiger partial charge in [-0.2, -0.15) is 13.2 Å². The second-order valence-electron chi connectivity index (χ2n) is 6.77. The molecule has 1 aromatic heterocycles. The lowest BCUT2D eigenvalue weighted by Gasteiger charge is -2.20. The number of carbonyl (C=O) groups excluding carboxylic acids is 3. The van der Waals surface area contributed by atoms with E-state index in [1.54, 1.807) is 44.2 Å². The van der Waals surface area contributed by atoms with E-state index in [2.05, 4.69) is 15.6 Å². The third-order valence-electron chi connectivity index (χ3n) is 4.02. The van der Waals surface area contributed by atoms with Crippen molar-refractivity contribution in [3.05, 3.63) is 58.7 Å². The molecule has 2 N–H and O–H groups in total. The summed E-state index contributed by atoms with van der Waals surface area (Å²) in [6.45, 7) is 2.62. The van der Waals surface area contributed by atoms with Crippen molar-refractivity contribution in [3.8, 4) is 0 Å². The van der Waals surface area contributed by atoms with Gasteiger partial charge in [-0.1, -0.05) is 43.6 Å². The lowest BCUT2D eigenvalue weighted by molar-refractivity contribution is -0.150. The summed E-state index contributed by atoms with van der Waals surface area (Å²) in [4.78, 5) is 40.1. The van der Waals surface area contributed by atoms with Gasteiger partial charge in [-0.05, 0) is 24.1 Å². The Labute approximate surface area is 180 Å². The van der Waals surface area contributed by atoms with Crippen LogP contribution in [0.25, 0.3) is 0 Å². The van der Waals surface area contributed by atoms with Gasteiger partial charge in [0.2, 0.25) is 0 Å². The van der Waals surface area contributed by atoms with Gasteiger partial charge in [0.25, 0.3) is 11.8 Å². The number of hydrogen-bond donors (Lipinski definition) is 2. The Balaban J connectivity index is 1.95. The van der Waals surface area contributed by atoms with Gasteiger partial charge in [-0.25, -0.2) is 9.78 Å². The highest BCUT2D eigenvalue weighted by molar-refractivity contribution is 6.33. The van der Waals surface area contributed by atoms with Crippen LogP contribution in [0.15, 0.2) is 42.6 Å². The number of nitrogens with one attached hydrogen (secondary N) is 2. The first-order valence-corrected chi connectivity index (χ1v) is 9.42. The Bertz CT molecular complexity index is 952. The maximum absolute atomic E-state index is 12.6. The number of esters is 1. The summed E-state index contributed by atoms with van der Waals surface area (Å²) >= 11 is 5.72. The van der Waals surface area contributed by atoms with E-state index in [0.29, 0.717) is 17.8 Å². The number of rotatable bonds is 7. The number of ether oxygens (including phenoxy) is 1. The minimum absolute atomic E-state index is 0.312. The van der Waals surface area contributed by atoms with Crippen molar-refractivity contribution in [3.63, 3.8) is 0 Å². The Morgan fingerprint density at radius 2 is 1.81 bits per heavy atom. The summed E-state index contributed by atoms with van der Waals surface area (Å²) in [5, 5.41) is 4.29. The maximum atomic E-state index is 12.6. The fraction of sp³-hybridized carbons (Fsp3) is 0.300. The molecular weight excluding hydrogens is 439 g/mol. The minimum atomic E-state index is -4.63. The highest BCUT2D eigenvalue weighted by atomic mass is 35.5. The van der Waals surface area contributed by atoms with Gasteiger partial charge in [0.1, 0.15) is 6.04 Å². The van der Waals surface area contributed by atoms with Crippen LogP contribution < -0.4 is 10.6 Å². The van der Waals surface area contributed by atoms with Crippen molar-refractivity contribution in [1.82, 2.24) is 10.3 Å².